The maximum Gasteiger partial charge on any atom is 0.232 e. The zero-order chi connectivity index (χ0) is 19.1. The molecule has 1 amide bonds. The Morgan fingerprint density at radius 1 is 1.33 bits per heavy atom. The molecule has 27 heavy (non-hydrogen) atoms. The summed E-state index contributed by atoms with van der Waals surface area (Å²) < 4.78 is 5.55. The van der Waals surface area contributed by atoms with Gasteiger partial charge in [0.2, 0.25) is 11.8 Å². The fourth-order valence-corrected chi connectivity index (χ4v) is 3.10. The molecule has 7 nitrogen and oxygen atoms in total. The van der Waals surface area contributed by atoms with Crippen LogP contribution in [-0.2, 0) is 4.79 Å². The minimum absolute atomic E-state index is 0.0316. The lowest BCUT2D eigenvalue weighted by Gasteiger charge is -2.26. The number of nitrogens with zero attached hydrogens (tertiary/aromatic N) is 2. The highest BCUT2D eigenvalue weighted by molar-refractivity contribution is 6.31. The first-order valence-corrected chi connectivity index (χ1v) is 9.12. The maximum atomic E-state index is 11.9. The molecule has 3 N–H and O–H groups in total. The van der Waals surface area contributed by atoms with Crippen molar-refractivity contribution >= 4 is 29.2 Å². The van der Waals surface area contributed by atoms with Crippen molar-refractivity contribution in [2.75, 3.05) is 32.1 Å². The van der Waals surface area contributed by atoms with Crippen molar-refractivity contribution in [1.82, 2.24) is 15.6 Å². The van der Waals surface area contributed by atoms with Gasteiger partial charge in [0.15, 0.2) is 5.96 Å². The van der Waals surface area contributed by atoms with E-state index in [0.717, 1.165) is 11.3 Å². The van der Waals surface area contributed by atoms with Gasteiger partial charge in [0, 0.05) is 37.8 Å². The summed E-state index contributed by atoms with van der Waals surface area (Å²) >= 11 is 6.01. The van der Waals surface area contributed by atoms with E-state index in [0.29, 0.717) is 43.0 Å². The van der Waals surface area contributed by atoms with Gasteiger partial charge in [-0.25, -0.2) is 4.98 Å². The summed E-state index contributed by atoms with van der Waals surface area (Å²) in [6.07, 6.45) is 2.08. The molecule has 1 unspecified atom stereocenters. The van der Waals surface area contributed by atoms with E-state index in [1.54, 1.807) is 25.4 Å². The van der Waals surface area contributed by atoms with Crippen LogP contribution in [0.15, 0.2) is 47.6 Å². The van der Waals surface area contributed by atoms with Crippen molar-refractivity contribution in [3.05, 3.63) is 53.2 Å². The van der Waals surface area contributed by atoms with Gasteiger partial charge < -0.3 is 20.7 Å². The topological polar surface area (TPSA) is 87.6 Å². The van der Waals surface area contributed by atoms with Crippen LogP contribution in [0, 0.1) is 0 Å². The quantitative estimate of drug-likeness (QED) is 0.402. The molecular formula is C19H22ClN5O2. The monoisotopic (exact) mass is 387 g/mol. The lowest BCUT2D eigenvalue weighted by molar-refractivity contribution is -0.116. The van der Waals surface area contributed by atoms with Crippen molar-refractivity contribution in [3.8, 4) is 5.88 Å². The number of ether oxygens (including phenoxy) is 1. The number of amides is 1. The van der Waals surface area contributed by atoms with E-state index >= 15 is 0 Å². The van der Waals surface area contributed by atoms with Gasteiger partial charge in [-0.1, -0.05) is 29.8 Å². The summed E-state index contributed by atoms with van der Waals surface area (Å²) in [6, 6.07) is 11.4. The molecule has 2 heterocycles. The second-order valence-electron chi connectivity index (χ2n) is 6.06. The number of pyridine rings is 1. The Kier molecular flexibility index (Phi) is 6.49. The third kappa shape index (κ3) is 5.10. The molecule has 142 valence electrons. The van der Waals surface area contributed by atoms with Gasteiger partial charge in [-0.2, -0.15) is 0 Å². The van der Waals surface area contributed by atoms with Crippen LogP contribution in [0.1, 0.15) is 17.9 Å². The standard InChI is InChI=1S/C19H22ClN5O2/c1-21-19(23-9-10-27-18-15(20)6-4-8-22-18)24-12-13-11-17(26)25-16-7-3-2-5-14(13)16/h2-8,13H,9-12H2,1H3,(H,25,26)(H2,21,23,24). The Morgan fingerprint density at radius 2 is 2.19 bits per heavy atom. The summed E-state index contributed by atoms with van der Waals surface area (Å²) in [6.45, 7) is 1.54. The fraction of sp³-hybridized carbons (Fsp3) is 0.316. The largest absolute Gasteiger partial charge is 0.475 e. The zero-order valence-electron chi connectivity index (χ0n) is 15.0. The lowest BCUT2D eigenvalue weighted by Crippen LogP contribution is -2.42. The smallest absolute Gasteiger partial charge is 0.232 e. The number of carbonyl (C=O) groups excluding carboxylic acids is 1. The Labute approximate surface area is 163 Å². The summed E-state index contributed by atoms with van der Waals surface area (Å²) in [5, 5.41) is 9.84. The van der Waals surface area contributed by atoms with E-state index in [1.807, 2.05) is 24.3 Å². The van der Waals surface area contributed by atoms with E-state index in [1.165, 1.54) is 0 Å². The first kappa shape index (κ1) is 19.0. The molecule has 0 spiro atoms. The molecule has 1 aromatic carbocycles. The van der Waals surface area contributed by atoms with Gasteiger partial charge in [-0.15, -0.1) is 0 Å². The van der Waals surface area contributed by atoms with E-state index < -0.39 is 0 Å². The Bertz CT molecular complexity index is 827. The summed E-state index contributed by atoms with van der Waals surface area (Å²) in [4.78, 5) is 20.2. The van der Waals surface area contributed by atoms with Gasteiger partial charge >= 0.3 is 0 Å². The third-order valence-electron chi connectivity index (χ3n) is 4.20. The number of fused-ring (bicyclic) bond motifs is 1. The van der Waals surface area contributed by atoms with Crippen LogP contribution in [0.5, 0.6) is 5.88 Å². The lowest BCUT2D eigenvalue weighted by atomic mass is 9.90. The second kappa shape index (κ2) is 9.23. The number of aliphatic imine (C=N–C) groups is 1. The first-order valence-electron chi connectivity index (χ1n) is 8.74. The number of rotatable bonds is 6. The highest BCUT2D eigenvalue weighted by Gasteiger charge is 2.24. The Balaban J connectivity index is 1.47. The molecule has 8 heteroatoms. The van der Waals surface area contributed by atoms with E-state index in [-0.39, 0.29) is 11.8 Å². The maximum absolute atomic E-state index is 11.9. The molecule has 0 bridgehead atoms. The molecule has 0 radical (unpaired) electrons. The number of hydrogen-bond donors (Lipinski definition) is 3. The molecule has 3 rings (SSSR count). The van der Waals surface area contributed by atoms with Crippen LogP contribution in [0.3, 0.4) is 0 Å². The number of hydrogen-bond acceptors (Lipinski definition) is 4. The summed E-state index contributed by atoms with van der Waals surface area (Å²) in [7, 11) is 1.70. The molecule has 1 aliphatic rings. The molecule has 1 aromatic heterocycles. The summed E-state index contributed by atoms with van der Waals surface area (Å²) in [5.74, 6) is 1.18. The predicted molar refractivity (Wildman–Crippen MR) is 107 cm³/mol. The van der Waals surface area contributed by atoms with Gasteiger partial charge in [-0.05, 0) is 23.8 Å². The average Bonchev–Trinajstić information content (AvgIpc) is 2.68. The Morgan fingerprint density at radius 3 is 3.00 bits per heavy atom. The molecule has 0 aliphatic carbocycles. The van der Waals surface area contributed by atoms with Crippen LogP contribution in [0.4, 0.5) is 5.69 Å². The number of carbonyl (C=O) groups is 1. The van der Waals surface area contributed by atoms with Gasteiger partial charge in [-0.3, -0.25) is 9.79 Å². The van der Waals surface area contributed by atoms with Crippen molar-refractivity contribution in [2.24, 2.45) is 4.99 Å². The minimum atomic E-state index is 0.0316. The van der Waals surface area contributed by atoms with Crippen molar-refractivity contribution in [2.45, 2.75) is 12.3 Å². The van der Waals surface area contributed by atoms with Gasteiger partial charge in [0.25, 0.3) is 0 Å². The number of aromatic nitrogens is 1. The number of anilines is 1. The van der Waals surface area contributed by atoms with E-state index in [2.05, 4.69) is 25.9 Å². The summed E-state index contributed by atoms with van der Waals surface area (Å²) in [5.41, 5.74) is 2.01. The third-order valence-corrected chi connectivity index (χ3v) is 4.49. The van der Waals surface area contributed by atoms with Crippen molar-refractivity contribution in [1.29, 1.82) is 0 Å². The van der Waals surface area contributed by atoms with E-state index in [9.17, 15) is 4.79 Å². The predicted octanol–water partition coefficient (Wildman–Crippen LogP) is 2.40. The zero-order valence-corrected chi connectivity index (χ0v) is 15.8. The molecule has 1 aliphatic heterocycles. The van der Waals surface area contributed by atoms with E-state index in [4.69, 9.17) is 16.3 Å². The number of halogens is 1. The average molecular weight is 388 g/mol. The van der Waals surface area contributed by atoms with Crippen LogP contribution < -0.4 is 20.7 Å². The van der Waals surface area contributed by atoms with Gasteiger partial charge in [0.1, 0.15) is 11.6 Å². The first-order chi connectivity index (χ1) is 13.2. The molecule has 0 saturated carbocycles. The Hall–Kier alpha value is -2.80. The van der Waals surface area contributed by atoms with Crippen LogP contribution in [0.25, 0.3) is 0 Å². The number of benzene rings is 1. The molecule has 2 aromatic rings. The van der Waals surface area contributed by atoms with Crippen molar-refractivity contribution < 1.29 is 9.53 Å². The number of guanidine groups is 1. The van der Waals surface area contributed by atoms with Gasteiger partial charge in [0.05, 0.1) is 6.54 Å². The minimum Gasteiger partial charge on any atom is -0.475 e. The molecule has 1 atom stereocenters. The normalized spacial score (nSPS) is 16.3. The number of nitrogens with one attached hydrogen (secondary N) is 3. The molecule has 0 saturated heterocycles. The molecular weight excluding hydrogens is 366 g/mol. The molecule has 0 fully saturated rings. The second-order valence-corrected chi connectivity index (χ2v) is 6.46. The van der Waals surface area contributed by atoms with Crippen LogP contribution >= 0.6 is 11.6 Å². The highest BCUT2D eigenvalue weighted by Crippen LogP contribution is 2.31. The fourth-order valence-electron chi connectivity index (χ4n) is 2.92. The van der Waals surface area contributed by atoms with Crippen molar-refractivity contribution in [3.63, 3.8) is 0 Å². The highest BCUT2D eigenvalue weighted by atomic mass is 35.5. The van der Waals surface area contributed by atoms with Crippen LogP contribution in [-0.4, -0.2) is 43.6 Å². The van der Waals surface area contributed by atoms with Crippen LogP contribution in [0.2, 0.25) is 5.02 Å². The number of para-hydroxylation sites is 1. The SMILES string of the molecule is CN=C(NCCOc1ncccc1Cl)NCC1CC(=O)Nc2ccccc21.